The van der Waals surface area contributed by atoms with E-state index in [4.69, 9.17) is 21.4 Å². The van der Waals surface area contributed by atoms with Crippen molar-refractivity contribution < 1.29 is 18.7 Å². The van der Waals surface area contributed by atoms with E-state index in [0.717, 1.165) is 17.4 Å². The van der Waals surface area contributed by atoms with Crippen molar-refractivity contribution >= 4 is 51.5 Å². The maximum Gasteiger partial charge on any atom is 0.291 e. The third-order valence-corrected chi connectivity index (χ3v) is 5.54. The Morgan fingerprint density at radius 3 is 2.46 bits per heavy atom. The summed E-state index contributed by atoms with van der Waals surface area (Å²) in [5.74, 6) is 0.151. The zero-order valence-corrected chi connectivity index (χ0v) is 20.2. The summed E-state index contributed by atoms with van der Waals surface area (Å²) in [6.07, 6.45) is 0.939. The van der Waals surface area contributed by atoms with Crippen molar-refractivity contribution in [3.05, 3.63) is 89.7 Å². The third kappa shape index (κ3) is 6.24. The lowest BCUT2D eigenvalue weighted by molar-refractivity contribution is -0.121. The average molecular weight is 488 g/mol. The number of thiocarbonyl (C=S) groups is 1. The number of amides is 2. The molecule has 0 saturated carbocycles. The molecule has 0 spiro atoms. The zero-order chi connectivity index (χ0) is 24.8. The topological polar surface area (TPSA) is 92.6 Å². The van der Waals surface area contributed by atoms with E-state index in [1.807, 2.05) is 61.5 Å². The van der Waals surface area contributed by atoms with Crippen LogP contribution in [0.25, 0.3) is 11.0 Å². The van der Waals surface area contributed by atoms with Crippen LogP contribution in [0, 0.1) is 6.92 Å². The van der Waals surface area contributed by atoms with Gasteiger partial charge in [-0.3, -0.25) is 14.9 Å². The molecule has 7 nitrogen and oxygen atoms in total. The predicted molar refractivity (Wildman–Crippen MR) is 141 cm³/mol. The first kappa shape index (κ1) is 24.0. The molecule has 4 aromatic rings. The normalized spacial score (nSPS) is 10.6. The van der Waals surface area contributed by atoms with Crippen LogP contribution in [0.15, 0.2) is 77.2 Å². The lowest BCUT2D eigenvalue weighted by Gasteiger charge is -2.13. The largest absolute Gasteiger partial charge is 0.484 e. The Bertz CT molecular complexity index is 1350. The van der Waals surface area contributed by atoms with Crippen LogP contribution < -0.4 is 20.7 Å². The number of aryl methyl sites for hydroxylation is 2. The minimum absolute atomic E-state index is 0.151. The second-order valence-corrected chi connectivity index (χ2v) is 8.33. The number of ether oxygens (including phenoxy) is 1. The molecule has 0 atom stereocenters. The molecular weight excluding hydrogens is 462 g/mol. The summed E-state index contributed by atoms with van der Waals surface area (Å²) in [7, 11) is 0. The maximum absolute atomic E-state index is 12.6. The number of carbonyl (C=O) groups excluding carboxylic acids is 2. The first-order valence-electron chi connectivity index (χ1n) is 11.1. The fraction of sp³-hybridized carbons (Fsp3) is 0.148. The van der Waals surface area contributed by atoms with E-state index in [-0.39, 0.29) is 29.3 Å². The number of rotatable bonds is 7. The van der Waals surface area contributed by atoms with Crippen molar-refractivity contribution in [3.8, 4) is 5.75 Å². The highest BCUT2D eigenvalue weighted by Gasteiger charge is 2.14. The van der Waals surface area contributed by atoms with Crippen LogP contribution >= 0.6 is 12.2 Å². The van der Waals surface area contributed by atoms with Gasteiger partial charge < -0.3 is 19.8 Å². The molecule has 0 fully saturated rings. The number of nitrogens with one attached hydrogen (secondary N) is 3. The van der Waals surface area contributed by atoms with Gasteiger partial charge in [0.05, 0.1) is 0 Å². The Labute approximate surface area is 208 Å². The number of anilines is 2. The van der Waals surface area contributed by atoms with E-state index in [1.54, 1.807) is 18.2 Å². The van der Waals surface area contributed by atoms with E-state index in [1.165, 1.54) is 5.56 Å². The number of hydrogen-bond donors (Lipinski definition) is 3. The lowest BCUT2D eigenvalue weighted by Crippen LogP contribution is -2.37. The fourth-order valence-corrected chi connectivity index (χ4v) is 3.69. The van der Waals surface area contributed by atoms with Crippen LogP contribution in [0.1, 0.15) is 28.6 Å². The Morgan fingerprint density at radius 2 is 1.74 bits per heavy atom. The molecule has 178 valence electrons. The van der Waals surface area contributed by atoms with Crippen LogP contribution in [0.5, 0.6) is 5.75 Å². The molecule has 0 saturated heterocycles. The third-order valence-electron chi connectivity index (χ3n) is 5.34. The molecule has 1 aromatic heterocycles. The van der Waals surface area contributed by atoms with Gasteiger partial charge in [-0.25, -0.2) is 0 Å². The van der Waals surface area contributed by atoms with Crippen molar-refractivity contribution in [1.82, 2.24) is 5.32 Å². The van der Waals surface area contributed by atoms with Crippen LogP contribution in [0.2, 0.25) is 0 Å². The van der Waals surface area contributed by atoms with Gasteiger partial charge in [0.1, 0.15) is 11.3 Å². The summed E-state index contributed by atoms with van der Waals surface area (Å²) in [6.45, 7) is 3.78. The Kier molecular flexibility index (Phi) is 7.42. The molecule has 1 heterocycles. The highest BCUT2D eigenvalue weighted by molar-refractivity contribution is 7.80. The molecule has 35 heavy (non-hydrogen) atoms. The molecule has 0 radical (unpaired) electrons. The smallest absolute Gasteiger partial charge is 0.291 e. The van der Waals surface area contributed by atoms with Gasteiger partial charge in [0.25, 0.3) is 11.8 Å². The quantitative estimate of drug-likeness (QED) is 0.300. The van der Waals surface area contributed by atoms with Gasteiger partial charge >= 0.3 is 0 Å². The average Bonchev–Trinajstić information content (AvgIpc) is 3.29. The molecule has 3 N–H and O–H groups in total. The van der Waals surface area contributed by atoms with Crippen molar-refractivity contribution in [1.29, 1.82) is 0 Å². The molecule has 3 aromatic carbocycles. The van der Waals surface area contributed by atoms with Crippen LogP contribution in [-0.2, 0) is 11.2 Å². The van der Waals surface area contributed by atoms with Crippen LogP contribution in [-0.4, -0.2) is 23.5 Å². The van der Waals surface area contributed by atoms with Gasteiger partial charge in [-0.1, -0.05) is 37.3 Å². The van der Waals surface area contributed by atoms with E-state index in [0.29, 0.717) is 22.7 Å². The molecular formula is C27H25N3O4S. The summed E-state index contributed by atoms with van der Waals surface area (Å²) >= 11 is 5.24. The minimum atomic E-state index is -0.367. The van der Waals surface area contributed by atoms with E-state index >= 15 is 0 Å². The number of carbonyl (C=O) groups is 2. The van der Waals surface area contributed by atoms with Gasteiger partial charge in [-0.05, 0) is 79.2 Å². The highest BCUT2D eigenvalue weighted by Crippen LogP contribution is 2.23. The SMILES string of the molecule is CCc1ccc(OCC(=O)NC(=S)Nc2ccc(NC(=O)c3cc4ccccc4o3)c(C)c2)cc1. The van der Waals surface area contributed by atoms with Crippen LogP contribution in [0.3, 0.4) is 0 Å². The summed E-state index contributed by atoms with van der Waals surface area (Å²) < 4.78 is 11.1. The number of hydrogen-bond acceptors (Lipinski definition) is 5. The van der Waals surface area contributed by atoms with E-state index in [9.17, 15) is 9.59 Å². The molecule has 8 heteroatoms. The molecule has 2 amide bonds. The fourth-order valence-electron chi connectivity index (χ4n) is 3.45. The van der Waals surface area contributed by atoms with Gasteiger partial charge in [0, 0.05) is 16.8 Å². The first-order valence-corrected chi connectivity index (χ1v) is 11.5. The van der Waals surface area contributed by atoms with E-state index in [2.05, 4.69) is 22.9 Å². The number of benzene rings is 3. The van der Waals surface area contributed by atoms with Gasteiger partial charge in [0.15, 0.2) is 17.5 Å². The summed E-state index contributed by atoms with van der Waals surface area (Å²) in [5, 5.41) is 9.44. The molecule has 0 aliphatic rings. The number of furan rings is 1. The highest BCUT2D eigenvalue weighted by atomic mass is 32.1. The Morgan fingerprint density at radius 1 is 0.971 bits per heavy atom. The predicted octanol–water partition coefficient (Wildman–Crippen LogP) is 5.45. The molecule has 0 unspecified atom stereocenters. The number of para-hydroxylation sites is 1. The lowest BCUT2D eigenvalue weighted by atomic mass is 10.1. The van der Waals surface area contributed by atoms with Gasteiger partial charge in [0.2, 0.25) is 0 Å². The molecule has 0 aliphatic heterocycles. The molecule has 4 rings (SSSR count). The number of fused-ring (bicyclic) bond motifs is 1. The Balaban J connectivity index is 1.29. The van der Waals surface area contributed by atoms with Crippen molar-refractivity contribution in [3.63, 3.8) is 0 Å². The molecule has 0 aliphatic carbocycles. The maximum atomic E-state index is 12.6. The van der Waals surface area contributed by atoms with Crippen LogP contribution in [0.4, 0.5) is 11.4 Å². The van der Waals surface area contributed by atoms with Crippen molar-refractivity contribution in [2.75, 3.05) is 17.2 Å². The monoisotopic (exact) mass is 487 g/mol. The summed E-state index contributed by atoms with van der Waals surface area (Å²) in [5.41, 5.74) is 3.98. The summed E-state index contributed by atoms with van der Waals surface area (Å²) in [6, 6.07) is 22.1. The first-order chi connectivity index (χ1) is 16.9. The Hall–Kier alpha value is -4.17. The zero-order valence-electron chi connectivity index (χ0n) is 19.4. The molecule has 0 bridgehead atoms. The second kappa shape index (κ2) is 10.8. The van der Waals surface area contributed by atoms with E-state index < -0.39 is 0 Å². The minimum Gasteiger partial charge on any atom is -0.484 e. The van der Waals surface area contributed by atoms with Crippen molar-refractivity contribution in [2.45, 2.75) is 20.3 Å². The van der Waals surface area contributed by atoms with Crippen molar-refractivity contribution in [2.24, 2.45) is 0 Å². The summed E-state index contributed by atoms with van der Waals surface area (Å²) in [4.78, 5) is 24.8. The van der Waals surface area contributed by atoms with Gasteiger partial charge in [-0.15, -0.1) is 0 Å². The standard InChI is InChI=1S/C27H25N3O4S/c1-3-18-8-11-21(12-9-18)33-16-25(31)30-27(35)28-20-10-13-22(17(2)14-20)29-26(32)24-15-19-6-4-5-7-23(19)34-24/h4-15H,3,16H2,1-2H3,(H,29,32)(H2,28,30,31,35). The van der Waals surface area contributed by atoms with Gasteiger partial charge in [-0.2, -0.15) is 0 Å². The second-order valence-electron chi connectivity index (χ2n) is 7.92.